The molecule has 1 aromatic carbocycles. The Hall–Kier alpha value is -0.580. The van der Waals surface area contributed by atoms with Crippen LogP contribution in [0.25, 0.3) is 0 Å². The first-order chi connectivity index (χ1) is 7.53. The average Bonchev–Trinajstić information content (AvgIpc) is 2.24. The molecule has 0 aliphatic rings. The van der Waals surface area contributed by atoms with E-state index >= 15 is 0 Å². The molecule has 1 aromatic rings. The third-order valence-corrected chi connectivity index (χ3v) is 2.59. The van der Waals surface area contributed by atoms with Gasteiger partial charge in [0.1, 0.15) is 18.0 Å². The van der Waals surface area contributed by atoms with Crippen molar-refractivity contribution in [1.29, 1.82) is 0 Å². The van der Waals surface area contributed by atoms with Crippen LogP contribution in [0.2, 0.25) is 0 Å². The molecule has 0 aliphatic carbocycles. The molecule has 4 heteroatoms. The lowest BCUT2D eigenvalue weighted by molar-refractivity contribution is 0.0127. The van der Waals surface area contributed by atoms with Crippen molar-refractivity contribution in [3.05, 3.63) is 28.7 Å². The Kier molecular flexibility index (Phi) is 5.25. The van der Waals surface area contributed by atoms with Gasteiger partial charge in [-0.2, -0.15) is 0 Å². The minimum Gasteiger partial charge on any atom is -0.491 e. The molecule has 90 valence electrons. The van der Waals surface area contributed by atoms with Gasteiger partial charge in [-0.25, -0.2) is 0 Å². The van der Waals surface area contributed by atoms with Gasteiger partial charge in [-0.3, -0.25) is 0 Å². The number of nitrogens with one attached hydrogen (secondary N) is 1. The van der Waals surface area contributed by atoms with E-state index in [1.54, 1.807) is 6.92 Å². The van der Waals surface area contributed by atoms with Gasteiger partial charge in [-0.1, -0.05) is 28.9 Å². The molecule has 0 amide bonds. The Labute approximate surface area is 105 Å². The summed E-state index contributed by atoms with van der Waals surface area (Å²) >= 11 is 3.37. The van der Waals surface area contributed by atoms with E-state index in [4.69, 9.17) is 4.74 Å². The highest BCUT2D eigenvalue weighted by atomic mass is 79.9. The van der Waals surface area contributed by atoms with Crippen molar-refractivity contribution in [3.63, 3.8) is 0 Å². The summed E-state index contributed by atoms with van der Waals surface area (Å²) in [7, 11) is 0. The van der Waals surface area contributed by atoms with Crippen LogP contribution in [0.1, 0.15) is 13.8 Å². The van der Waals surface area contributed by atoms with Crippen molar-refractivity contribution in [2.24, 2.45) is 0 Å². The van der Waals surface area contributed by atoms with Gasteiger partial charge < -0.3 is 15.2 Å². The Morgan fingerprint density at radius 3 is 2.88 bits per heavy atom. The predicted molar refractivity (Wildman–Crippen MR) is 68.8 cm³/mol. The van der Waals surface area contributed by atoms with Gasteiger partial charge >= 0.3 is 0 Å². The molecule has 0 saturated heterocycles. The highest BCUT2D eigenvalue weighted by molar-refractivity contribution is 9.10. The third-order valence-electron chi connectivity index (χ3n) is 2.10. The quantitative estimate of drug-likeness (QED) is 0.843. The lowest BCUT2D eigenvalue weighted by atomic mass is 10.1. The molecule has 3 nitrogen and oxygen atoms in total. The number of hydrogen-bond donors (Lipinski definition) is 2. The molecule has 0 bridgehead atoms. The van der Waals surface area contributed by atoms with E-state index in [1.807, 2.05) is 31.2 Å². The Morgan fingerprint density at radius 1 is 1.50 bits per heavy atom. The summed E-state index contributed by atoms with van der Waals surface area (Å²) in [5.41, 5.74) is -0.849. The minimum absolute atomic E-state index is 0.274. The zero-order chi connectivity index (χ0) is 12.0. The Balaban J connectivity index is 2.44. The average molecular weight is 288 g/mol. The van der Waals surface area contributed by atoms with Crippen molar-refractivity contribution < 1.29 is 9.84 Å². The molecule has 0 heterocycles. The molecule has 0 spiro atoms. The van der Waals surface area contributed by atoms with Gasteiger partial charge in [0.05, 0.1) is 0 Å². The number of likely N-dealkylation sites (N-methyl/N-ethyl adjacent to an activating group) is 1. The van der Waals surface area contributed by atoms with E-state index in [9.17, 15) is 5.11 Å². The lowest BCUT2D eigenvalue weighted by Crippen LogP contribution is -2.42. The maximum atomic E-state index is 9.98. The van der Waals surface area contributed by atoms with Gasteiger partial charge in [-0.05, 0) is 31.7 Å². The highest BCUT2D eigenvalue weighted by Crippen LogP contribution is 2.18. The standard InChI is InChI=1S/C12H18BrNO2/c1-3-14-8-12(2,15)9-16-11-6-4-5-10(13)7-11/h4-7,14-15H,3,8-9H2,1-2H3. The molecular weight excluding hydrogens is 270 g/mol. The second kappa shape index (κ2) is 6.23. The Bertz CT molecular complexity index is 329. The van der Waals surface area contributed by atoms with Crippen LogP contribution in [-0.2, 0) is 0 Å². The summed E-state index contributed by atoms with van der Waals surface area (Å²) in [4.78, 5) is 0. The van der Waals surface area contributed by atoms with E-state index in [0.29, 0.717) is 6.54 Å². The summed E-state index contributed by atoms with van der Waals surface area (Å²) in [6.07, 6.45) is 0. The molecule has 2 N–H and O–H groups in total. The van der Waals surface area contributed by atoms with Gasteiger partial charge in [0.15, 0.2) is 0 Å². The summed E-state index contributed by atoms with van der Waals surface area (Å²) in [5.74, 6) is 0.756. The highest BCUT2D eigenvalue weighted by Gasteiger charge is 2.20. The number of ether oxygens (including phenoxy) is 1. The third kappa shape index (κ3) is 4.96. The smallest absolute Gasteiger partial charge is 0.120 e. The fourth-order valence-corrected chi connectivity index (χ4v) is 1.62. The van der Waals surface area contributed by atoms with E-state index in [0.717, 1.165) is 16.8 Å². The zero-order valence-corrected chi connectivity index (χ0v) is 11.3. The van der Waals surface area contributed by atoms with Crippen molar-refractivity contribution in [1.82, 2.24) is 5.32 Å². The summed E-state index contributed by atoms with van der Waals surface area (Å²) in [5, 5.41) is 13.1. The first-order valence-corrected chi connectivity index (χ1v) is 6.14. The van der Waals surface area contributed by atoms with Crippen LogP contribution < -0.4 is 10.1 Å². The van der Waals surface area contributed by atoms with E-state index in [-0.39, 0.29) is 6.61 Å². The topological polar surface area (TPSA) is 41.5 Å². The maximum absolute atomic E-state index is 9.98. The Morgan fingerprint density at radius 2 is 2.25 bits per heavy atom. The van der Waals surface area contributed by atoms with Crippen LogP contribution >= 0.6 is 15.9 Å². The van der Waals surface area contributed by atoms with Crippen LogP contribution in [-0.4, -0.2) is 30.4 Å². The molecule has 1 rings (SSSR count). The fraction of sp³-hybridized carbons (Fsp3) is 0.500. The monoisotopic (exact) mass is 287 g/mol. The van der Waals surface area contributed by atoms with Crippen molar-refractivity contribution in [2.75, 3.05) is 19.7 Å². The largest absolute Gasteiger partial charge is 0.491 e. The van der Waals surface area contributed by atoms with Gasteiger partial charge in [0.2, 0.25) is 0 Å². The second-order valence-corrected chi connectivity index (χ2v) is 4.94. The fourth-order valence-electron chi connectivity index (χ4n) is 1.24. The number of hydrogen-bond acceptors (Lipinski definition) is 3. The molecule has 0 radical (unpaired) electrons. The number of benzene rings is 1. The van der Waals surface area contributed by atoms with Crippen LogP contribution in [0.15, 0.2) is 28.7 Å². The van der Waals surface area contributed by atoms with E-state index < -0.39 is 5.60 Å². The zero-order valence-electron chi connectivity index (χ0n) is 9.66. The van der Waals surface area contributed by atoms with E-state index in [2.05, 4.69) is 21.2 Å². The van der Waals surface area contributed by atoms with Gasteiger partial charge in [0, 0.05) is 11.0 Å². The maximum Gasteiger partial charge on any atom is 0.120 e. The van der Waals surface area contributed by atoms with E-state index in [1.165, 1.54) is 0 Å². The summed E-state index contributed by atoms with van der Waals surface area (Å²) in [6, 6.07) is 7.58. The van der Waals surface area contributed by atoms with Gasteiger partial charge in [0.25, 0.3) is 0 Å². The number of halogens is 1. The SMILES string of the molecule is CCNCC(C)(O)COc1cccc(Br)c1. The van der Waals surface area contributed by atoms with Crippen molar-refractivity contribution in [3.8, 4) is 5.75 Å². The summed E-state index contributed by atoms with van der Waals surface area (Å²) in [6.45, 7) is 5.40. The molecule has 1 unspecified atom stereocenters. The number of aliphatic hydroxyl groups is 1. The summed E-state index contributed by atoms with van der Waals surface area (Å²) < 4.78 is 6.50. The van der Waals surface area contributed by atoms with Crippen LogP contribution in [0, 0.1) is 0 Å². The second-order valence-electron chi connectivity index (χ2n) is 4.02. The van der Waals surface area contributed by atoms with Gasteiger partial charge in [-0.15, -0.1) is 0 Å². The normalized spacial score (nSPS) is 14.5. The van der Waals surface area contributed by atoms with Crippen molar-refractivity contribution >= 4 is 15.9 Å². The molecule has 0 fully saturated rings. The number of rotatable bonds is 6. The van der Waals surface area contributed by atoms with Crippen LogP contribution in [0.5, 0.6) is 5.75 Å². The molecule has 0 aliphatic heterocycles. The molecule has 0 saturated carbocycles. The van der Waals surface area contributed by atoms with Crippen LogP contribution in [0.3, 0.4) is 0 Å². The molecule has 1 atom stereocenters. The molecule has 16 heavy (non-hydrogen) atoms. The first-order valence-electron chi connectivity index (χ1n) is 5.35. The lowest BCUT2D eigenvalue weighted by Gasteiger charge is -2.23. The minimum atomic E-state index is -0.849. The van der Waals surface area contributed by atoms with Crippen LogP contribution in [0.4, 0.5) is 0 Å². The first kappa shape index (κ1) is 13.5. The molecular formula is C12H18BrNO2. The van der Waals surface area contributed by atoms with Crippen molar-refractivity contribution in [2.45, 2.75) is 19.4 Å². The predicted octanol–water partition coefficient (Wildman–Crippen LogP) is 2.19. The molecule has 0 aromatic heterocycles.